The molecule has 0 amide bonds. The number of aromatic nitrogens is 4. The van der Waals surface area contributed by atoms with E-state index in [0.29, 0.717) is 23.1 Å². The quantitative estimate of drug-likeness (QED) is 0.621. The Morgan fingerprint density at radius 1 is 1.14 bits per heavy atom. The third kappa shape index (κ3) is 4.73. The first-order valence-corrected chi connectivity index (χ1v) is 8.58. The van der Waals surface area contributed by atoms with Gasteiger partial charge in [0.2, 0.25) is 0 Å². The maximum absolute atomic E-state index is 14.2. The molecule has 29 heavy (non-hydrogen) atoms. The topological polar surface area (TPSA) is 84.6 Å². The van der Waals surface area contributed by atoms with E-state index in [1.807, 2.05) is 0 Å². The van der Waals surface area contributed by atoms with Crippen LogP contribution in [0, 0.1) is 19.7 Å². The van der Waals surface area contributed by atoms with Crippen molar-refractivity contribution >= 4 is 11.6 Å². The van der Waals surface area contributed by atoms with Gasteiger partial charge in [0.25, 0.3) is 5.78 Å². The largest absolute Gasteiger partial charge is 0.573 e. The number of aliphatic hydroxyl groups is 1. The van der Waals surface area contributed by atoms with Gasteiger partial charge in [-0.2, -0.15) is 9.50 Å². The van der Waals surface area contributed by atoms with Crippen LogP contribution >= 0.6 is 0 Å². The molecule has 2 N–H and O–H groups in total. The van der Waals surface area contributed by atoms with Crippen LogP contribution in [-0.4, -0.2) is 36.7 Å². The van der Waals surface area contributed by atoms with E-state index in [1.165, 1.54) is 24.4 Å². The minimum Gasteiger partial charge on any atom is -0.403 e. The van der Waals surface area contributed by atoms with Crippen LogP contribution in [0.4, 0.5) is 23.4 Å². The predicted molar refractivity (Wildman–Crippen MR) is 96.0 cm³/mol. The lowest BCUT2D eigenvalue weighted by molar-refractivity contribution is -0.275. The van der Waals surface area contributed by atoms with Crippen molar-refractivity contribution in [2.75, 3.05) is 5.32 Å². The SMILES string of the molecule is Cc1cc(N[C@@H](c2ccc(OC(F)(F)F)c(F)c2)C(C)(C)O)n2nc(C)nc2n1. The molecule has 0 saturated heterocycles. The molecule has 0 aliphatic carbocycles. The maximum atomic E-state index is 14.2. The average molecular weight is 413 g/mol. The smallest absolute Gasteiger partial charge is 0.403 e. The van der Waals surface area contributed by atoms with Crippen molar-refractivity contribution in [1.29, 1.82) is 0 Å². The van der Waals surface area contributed by atoms with E-state index in [4.69, 9.17) is 0 Å². The number of alkyl halides is 3. The molecule has 0 unspecified atom stereocenters. The number of hydrogen-bond acceptors (Lipinski definition) is 6. The number of ether oxygens (including phenoxy) is 1. The van der Waals surface area contributed by atoms with Gasteiger partial charge in [-0.25, -0.2) is 9.37 Å². The van der Waals surface area contributed by atoms with Gasteiger partial charge in [-0.15, -0.1) is 18.3 Å². The van der Waals surface area contributed by atoms with E-state index in [0.717, 1.165) is 12.1 Å². The Bertz CT molecular complexity index is 1040. The van der Waals surface area contributed by atoms with E-state index in [2.05, 4.69) is 25.1 Å². The van der Waals surface area contributed by atoms with Crippen molar-refractivity contribution in [1.82, 2.24) is 19.6 Å². The molecule has 0 aliphatic rings. The first kappa shape index (κ1) is 20.8. The highest BCUT2D eigenvalue weighted by atomic mass is 19.4. The molecule has 156 valence electrons. The van der Waals surface area contributed by atoms with Crippen LogP contribution in [0.25, 0.3) is 5.78 Å². The summed E-state index contributed by atoms with van der Waals surface area (Å²) < 4.78 is 56.5. The number of aryl methyl sites for hydroxylation is 2. The van der Waals surface area contributed by atoms with Crippen molar-refractivity contribution in [2.24, 2.45) is 0 Å². The first-order chi connectivity index (χ1) is 13.3. The Morgan fingerprint density at radius 2 is 1.83 bits per heavy atom. The number of halogens is 4. The standard InChI is InChI=1S/C18H19F4N5O2/c1-9-7-14(27-16(23-9)24-10(2)26-27)25-15(17(3,4)28)11-5-6-13(12(19)8-11)29-18(20,21)22/h5-8,15,25,28H,1-4H3/t15-/m0/s1. The lowest BCUT2D eigenvalue weighted by Gasteiger charge is -2.31. The summed E-state index contributed by atoms with van der Waals surface area (Å²) in [6, 6.07) is 3.76. The van der Waals surface area contributed by atoms with Gasteiger partial charge in [-0.1, -0.05) is 6.07 Å². The highest BCUT2D eigenvalue weighted by molar-refractivity contribution is 5.48. The van der Waals surface area contributed by atoms with Gasteiger partial charge in [0.15, 0.2) is 11.6 Å². The number of rotatable bonds is 5. The molecule has 2 heterocycles. The van der Waals surface area contributed by atoms with Crippen molar-refractivity contribution < 1.29 is 27.4 Å². The fourth-order valence-electron chi connectivity index (χ4n) is 2.91. The summed E-state index contributed by atoms with van der Waals surface area (Å²) in [7, 11) is 0. The van der Waals surface area contributed by atoms with Crippen molar-refractivity contribution in [3.05, 3.63) is 47.2 Å². The molecule has 3 aromatic rings. The zero-order chi connectivity index (χ0) is 21.6. The number of nitrogens with zero attached hydrogens (tertiary/aromatic N) is 4. The lowest BCUT2D eigenvalue weighted by Crippen LogP contribution is -2.35. The Balaban J connectivity index is 2.02. The van der Waals surface area contributed by atoms with Gasteiger partial charge >= 0.3 is 6.36 Å². The zero-order valence-electron chi connectivity index (χ0n) is 16.0. The lowest BCUT2D eigenvalue weighted by atomic mass is 9.91. The molecule has 7 nitrogen and oxygen atoms in total. The number of hydrogen-bond donors (Lipinski definition) is 2. The molecule has 0 spiro atoms. The van der Waals surface area contributed by atoms with Crippen LogP contribution in [0.15, 0.2) is 24.3 Å². The van der Waals surface area contributed by atoms with E-state index in [-0.39, 0.29) is 5.56 Å². The molecule has 1 atom stereocenters. The van der Waals surface area contributed by atoms with E-state index < -0.39 is 29.6 Å². The van der Waals surface area contributed by atoms with Crippen LogP contribution in [-0.2, 0) is 0 Å². The van der Waals surface area contributed by atoms with Gasteiger partial charge in [-0.05, 0) is 45.4 Å². The highest BCUT2D eigenvalue weighted by Gasteiger charge is 2.34. The van der Waals surface area contributed by atoms with E-state index in [9.17, 15) is 22.7 Å². The Morgan fingerprint density at radius 3 is 2.41 bits per heavy atom. The second-order valence-electron chi connectivity index (χ2n) is 7.12. The maximum Gasteiger partial charge on any atom is 0.573 e. The Hall–Kier alpha value is -2.95. The van der Waals surface area contributed by atoms with Gasteiger partial charge in [0.1, 0.15) is 11.6 Å². The highest BCUT2D eigenvalue weighted by Crippen LogP contribution is 2.33. The zero-order valence-corrected chi connectivity index (χ0v) is 16.0. The minimum absolute atomic E-state index is 0.212. The summed E-state index contributed by atoms with van der Waals surface area (Å²) in [6.07, 6.45) is -5.01. The molecule has 1 aromatic carbocycles. The molecular formula is C18H19F4N5O2. The summed E-state index contributed by atoms with van der Waals surface area (Å²) in [5, 5.41) is 17.9. The van der Waals surface area contributed by atoms with Crippen molar-refractivity contribution in [3.63, 3.8) is 0 Å². The number of anilines is 1. The van der Waals surface area contributed by atoms with Gasteiger partial charge < -0.3 is 15.2 Å². The normalized spacial score (nSPS) is 13.6. The van der Waals surface area contributed by atoms with Crippen LogP contribution in [0.1, 0.15) is 37.0 Å². The Labute approximate surface area is 163 Å². The van der Waals surface area contributed by atoms with Crippen LogP contribution in [0.3, 0.4) is 0 Å². The monoisotopic (exact) mass is 413 g/mol. The van der Waals surface area contributed by atoms with E-state index >= 15 is 0 Å². The average Bonchev–Trinajstić information content (AvgIpc) is 2.92. The Kier molecular flexibility index (Phi) is 5.11. The molecule has 0 radical (unpaired) electrons. The summed E-state index contributed by atoms with van der Waals surface area (Å²) in [6.45, 7) is 6.41. The van der Waals surface area contributed by atoms with Gasteiger partial charge in [0, 0.05) is 11.8 Å². The molecule has 11 heteroatoms. The van der Waals surface area contributed by atoms with Crippen LogP contribution in [0.2, 0.25) is 0 Å². The molecule has 0 bridgehead atoms. The summed E-state index contributed by atoms with van der Waals surface area (Å²) >= 11 is 0. The summed E-state index contributed by atoms with van der Waals surface area (Å²) in [5.74, 6) is -0.921. The third-order valence-electron chi connectivity index (χ3n) is 4.06. The van der Waals surface area contributed by atoms with Crippen LogP contribution < -0.4 is 10.1 Å². The second kappa shape index (κ2) is 7.14. The van der Waals surface area contributed by atoms with E-state index in [1.54, 1.807) is 19.9 Å². The summed E-state index contributed by atoms with van der Waals surface area (Å²) in [4.78, 5) is 8.45. The number of nitrogens with one attached hydrogen (secondary N) is 1. The van der Waals surface area contributed by atoms with Gasteiger partial charge in [-0.3, -0.25) is 0 Å². The predicted octanol–water partition coefficient (Wildman–Crippen LogP) is 3.70. The number of benzene rings is 1. The van der Waals surface area contributed by atoms with Crippen molar-refractivity contribution in [2.45, 2.75) is 45.7 Å². The second-order valence-corrected chi connectivity index (χ2v) is 7.12. The molecule has 3 rings (SSSR count). The molecule has 2 aromatic heterocycles. The molecule has 0 fully saturated rings. The fraction of sp³-hybridized carbons (Fsp3) is 0.389. The molecule has 0 saturated carbocycles. The fourth-order valence-corrected chi connectivity index (χ4v) is 2.91. The number of fused-ring (bicyclic) bond motifs is 1. The van der Waals surface area contributed by atoms with Crippen LogP contribution in [0.5, 0.6) is 5.75 Å². The molecular weight excluding hydrogens is 394 g/mol. The summed E-state index contributed by atoms with van der Waals surface area (Å²) in [5.41, 5.74) is -0.580. The molecule has 0 aliphatic heterocycles. The van der Waals surface area contributed by atoms with Gasteiger partial charge in [0.05, 0.1) is 11.6 Å². The van der Waals surface area contributed by atoms with Crippen molar-refractivity contribution in [3.8, 4) is 5.75 Å². The third-order valence-corrected chi connectivity index (χ3v) is 4.06. The minimum atomic E-state index is -5.01. The first-order valence-electron chi connectivity index (χ1n) is 8.58.